The number of nitrogens with zero attached hydrogens (tertiary/aromatic N) is 2. The summed E-state index contributed by atoms with van der Waals surface area (Å²) in [6, 6.07) is 5.55. The molecular weight excluding hydrogens is 348 g/mol. The molecule has 1 unspecified atom stereocenters. The minimum atomic E-state index is 0.0177. The normalized spacial score (nSPS) is 12.9. The molecule has 0 aliphatic carbocycles. The summed E-state index contributed by atoms with van der Waals surface area (Å²) in [5.74, 6) is 0.402. The van der Waals surface area contributed by atoms with Gasteiger partial charge in [0.25, 0.3) is 5.56 Å². The summed E-state index contributed by atoms with van der Waals surface area (Å²) < 4.78 is 2.57. The Hall–Kier alpha value is -0.680. The maximum atomic E-state index is 12.2. The third-order valence-electron chi connectivity index (χ3n) is 2.56. The van der Waals surface area contributed by atoms with Crippen LogP contribution in [0.2, 0.25) is 0 Å². The molecule has 0 saturated carbocycles. The van der Waals surface area contributed by atoms with Crippen molar-refractivity contribution < 1.29 is 0 Å². The van der Waals surface area contributed by atoms with Crippen LogP contribution in [0.15, 0.2) is 33.8 Å². The fraction of sp³-hybridized carbons (Fsp3) is 0.333. The van der Waals surface area contributed by atoms with Gasteiger partial charge in [-0.05, 0) is 24.1 Å². The van der Waals surface area contributed by atoms with Gasteiger partial charge in [0.1, 0.15) is 0 Å². The SMILES string of the molecule is CC(CBr)Cn1cnc2ccc(Br)cc2c1=O. The first kappa shape index (κ1) is 12.8. The van der Waals surface area contributed by atoms with Crippen LogP contribution in [0.1, 0.15) is 6.92 Å². The number of halogens is 2. The first-order valence-electron chi connectivity index (χ1n) is 5.32. The Morgan fingerprint density at radius 1 is 1.47 bits per heavy atom. The molecule has 0 bridgehead atoms. The highest BCUT2D eigenvalue weighted by molar-refractivity contribution is 9.10. The molecule has 0 amide bonds. The Labute approximate surface area is 116 Å². The highest BCUT2D eigenvalue weighted by Crippen LogP contribution is 2.15. The van der Waals surface area contributed by atoms with Gasteiger partial charge in [0.05, 0.1) is 17.2 Å². The van der Waals surface area contributed by atoms with Gasteiger partial charge in [-0.2, -0.15) is 0 Å². The van der Waals surface area contributed by atoms with E-state index in [0.29, 0.717) is 17.8 Å². The Bertz CT molecular complexity index is 595. The average Bonchev–Trinajstić information content (AvgIpc) is 2.33. The van der Waals surface area contributed by atoms with Crippen molar-refractivity contribution in [3.63, 3.8) is 0 Å². The van der Waals surface area contributed by atoms with Gasteiger partial charge >= 0.3 is 0 Å². The monoisotopic (exact) mass is 358 g/mol. The first-order chi connectivity index (χ1) is 8.11. The second-order valence-electron chi connectivity index (χ2n) is 4.12. The van der Waals surface area contributed by atoms with Crippen LogP contribution in [-0.2, 0) is 6.54 Å². The Morgan fingerprint density at radius 3 is 2.94 bits per heavy atom. The molecule has 2 rings (SSSR count). The van der Waals surface area contributed by atoms with Gasteiger partial charge < -0.3 is 0 Å². The fourth-order valence-corrected chi connectivity index (χ4v) is 2.21. The zero-order chi connectivity index (χ0) is 12.4. The molecule has 0 spiro atoms. The number of hydrogen-bond donors (Lipinski definition) is 0. The number of rotatable bonds is 3. The molecule has 1 heterocycles. The quantitative estimate of drug-likeness (QED) is 0.789. The van der Waals surface area contributed by atoms with Gasteiger partial charge in [0.15, 0.2) is 0 Å². The minimum absolute atomic E-state index is 0.0177. The summed E-state index contributed by atoms with van der Waals surface area (Å²) in [5, 5.41) is 1.53. The lowest BCUT2D eigenvalue weighted by molar-refractivity contribution is 0.518. The standard InChI is InChI=1S/C12H12Br2N2O/c1-8(5-13)6-16-7-15-11-3-2-9(14)4-10(11)12(16)17/h2-4,7-8H,5-6H2,1H3. The van der Waals surface area contributed by atoms with E-state index in [9.17, 15) is 4.79 Å². The summed E-state index contributed by atoms with van der Waals surface area (Å²) in [7, 11) is 0. The Morgan fingerprint density at radius 2 is 2.24 bits per heavy atom. The fourth-order valence-electron chi connectivity index (χ4n) is 1.65. The second-order valence-corrected chi connectivity index (χ2v) is 5.69. The largest absolute Gasteiger partial charge is 0.298 e. The van der Waals surface area contributed by atoms with Gasteiger partial charge in [0.2, 0.25) is 0 Å². The predicted molar refractivity (Wildman–Crippen MR) is 76.7 cm³/mol. The van der Waals surface area contributed by atoms with Crippen LogP contribution in [0.3, 0.4) is 0 Å². The molecule has 0 fully saturated rings. The van der Waals surface area contributed by atoms with E-state index in [2.05, 4.69) is 43.8 Å². The number of fused-ring (bicyclic) bond motifs is 1. The number of hydrogen-bond acceptors (Lipinski definition) is 2. The van der Waals surface area contributed by atoms with Gasteiger partial charge in [0, 0.05) is 16.3 Å². The molecule has 3 nitrogen and oxygen atoms in total. The molecule has 0 radical (unpaired) electrons. The van der Waals surface area contributed by atoms with Crippen LogP contribution in [0.25, 0.3) is 10.9 Å². The van der Waals surface area contributed by atoms with Crippen molar-refractivity contribution in [2.24, 2.45) is 5.92 Å². The van der Waals surface area contributed by atoms with E-state index >= 15 is 0 Å². The third kappa shape index (κ3) is 2.77. The van der Waals surface area contributed by atoms with Crippen molar-refractivity contribution in [3.8, 4) is 0 Å². The zero-order valence-electron chi connectivity index (χ0n) is 9.36. The van der Waals surface area contributed by atoms with E-state index in [-0.39, 0.29) is 5.56 Å². The van der Waals surface area contributed by atoms with Crippen LogP contribution >= 0.6 is 31.9 Å². The van der Waals surface area contributed by atoms with Crippen molar-refractivity contribution in [2.75, 3.05) is 5.33 Å². The lowest BCUT2D eigenvalue weighted by atomic mass is 10.2. The van der Waals surface area contributed by atoms with E-state index in [1.807, 2.05) is 18.2 Å². The maximum absolute atomic E-state index is 12.2. The van der Waals surface area contributed by atoms with Crippen LogP contribution in [0.4, 0.5) is 0 Å². The highest BCUT2D eigenvalue weighted by Gasteiger charge is 2.07. The molecule has 1 atom stereocenters. The molecule has 17 heavy (non-hydrogen) atoms. The van der Waals surface area contributed by atoms with Crippen molar-refractivity contribution in [1.29, 1.82) is 0 Å². The van der Waals surface area contributed by atoms with Crippen LogP contribution in [0.5, 0.6) is 0 Å². The van der Waals surface area contributed by atoms with E-state index in [0.717, 1.165) is 15.3 Å². The second kappa shape index (κ2) is 5.31. The molecule has 2 aromatic rings. The van der Waals surface area contributed by atoms with Crippen molar-refractivity contribution >= 4 is 42.8 Å². The zero-order valence-corrected chi connectivity index (χ0v) is 12.5. The van der Waals surface area contributed by atoms with Gasteiger partial charge in [-0.25, -0.2) is 4.98 Å². The summed E-state index contributed by atoms with van der Waals surface area (Å²) in [6.45, 7) is 2.77. The molecule has 0 aliphatic heterocycles. The van der Waals surface area contributed by atoms with Crippen molar-refractivity contribution in [1.82, 2.24) is 9.55 Å². The predicted octanol–water partition coefficient (Wildman–Crippen LogP) is 3.19. The molecule has 0 N–H and O–H groups in total. The van der Waals surface area contributed by atoms with Crippen molar-refractivity contribution in [2.45, 2.75) is 13.5 Å². The highest BCUT2D eigenvalue weighted by atomic mass is 79.9. The summed E-state index contributed by atoms with van der Waals surface area (Å²) >= 11 is 6.79. The van der Waals surface area contributed by atoms with Gasteiger partial charge in [-0.1, -0.05) is 38.8 Å². The number of alkyl halides is 1. The maximum Gasteiger partial charge on any atom is 0.261 e. The van der Waals surface area contributed by atoms with E-state index in [1.165, 1.54) is 0 Å². The smallest absolute Gasteiger partial charge is 0.261 e. The summed E-state index contributed by atoms with van der Waals surface area (Å²) in [6.07, 6.45) is 1.62. The molecule has 5 heteroatoms. The first-order valence-corrected chi connectivity index (χ1v) is 7.24. The molecule has 1 aromatic heterocycles. The van der Waals surface area contributed by atoms with Crippen LogP contribution in [0, 0.1) is 5.92 Å². The van der Waals surface area contributed by atoms with Gasteiger partial charge in [-0.15, -0.1) is 0 Å². The van der Waals surface area contributed by atoms with E-state index < -0.39 is 0 Å². The Balaban J connectivity index is 2.53. The molecule has 90 valence electrons. The topological polar surface area (TPSA) is 34.9 Å². The molecule has 0 saturated heterocycles. The Kier molecular flexibility index (Phi) is 3.99. The molecular formula is C12H12Br2N2O. The summed E-state index contributed by atoms with van der Waals surface area (Å²) in [5.41, 5.74) is 0.755. The number of aromatic nitrogens is 2. The lowest BCUT2D eigenvalue weighted by Gasteiger charge is -2.10. The van der Waals surface area contributed by atoms with Crippen LogP contribution in [-0.4, -0.2) is 14.9 Å². The minimum Gasteiger partial charge on any atom is -0.298 e. The van der Waals surface area contributed by atoms with Crippen molar-refractivity contribution in [3.05, 3.63) is 39.4 Å². The van der Waals surface area contributed by atoms with Gasteiger partial charge in [-0.3, -0.25) is 9.36 Å². The average molecular weight is 360 g/mol. The lowest BCUT2D eigenvalue weighted by Crippen LogP contribution is -2.24. The third-order valence-corrected chi connectivity index (χ3v) is 4.16. The van der Waals surface area contributed by atoms with E-state index in [4.69, 9.17) is 0 Å². The van der Waals surface area contributed by atoms with E-state index in [1.54, 1.807) is 10.9 Å². The summed E-state index contributed by atoms with van der Waals surface area (Å²) in [4.78, 5) is 16.5. The van der Waals surface area contributed by atoms with Crippen LogP contribution < -0.4 is 5.56 Å². The number of benzene rings is 1. The molecule has 1 aromatic carbocycles. The molecule has 0 aliphatic rings.